The summed E-state index contributed by atoms with van der Waals surface area (Å²) in [5.41, 5.74) is 3.93. The van der Waals surface area contributed by atoms with E-state index in [4.69, 9.17) is 4.42 Å². The van der Waals surface area contributed by atoms with Gasteiger partial charge < -0.3 is 9.73 Å². The average Bonchev–Trinajstić information content (AvgIpc) is 2.81. The zero-order valence-corrected chi connectivity index (χ0v) is 11.2. The number of benzene rings is 1. The largest absolute Gasteiger partial charge is 0.436 e. The van der Waals surface area contributed by atoms with Crippen molar-refractivity contribution in [1.82, 2.24) is 9.97 Å². The normalized spacial score (nSPS) is 10.7. The molecular formula is C15H13N3O2. The molecule has 0 saturated carbocycles. The number of aryl methyl sites for hydroxylation is 1. The number of oxazole rings is 1. The summed E-state index contributed by atoms with van der Waals surface area (Å²) in [6.45, 7) is 3.45. The molecule has 0 aliphatic rings. The van der Waals surface area contributed by atoms with Gasteiger partial charge in [-0.25, -0.2) is 4.98 Å². The highest BCUT2D eigenvalue weighted by molar-refractivity contribution is 5.93. The fourth-order valence-corrected chi connectivity index (χ4v) is 2.02. The van der Waals surface area contributed by atoms with Crippen molar-refractivity contribution in [2.45, 2.75) is 13.8 Å². The van der Waals surface area contributed by atoms with Gasteiger partial charge in [-0.1, -0.05) is 6.07 Å². The predicted octanol–water partition coefficient (Wildman–Crippen LogP) is 3.16. The molecule has 0 atom stereocenters. The summed E-state index contributed by atoms with van der Waals surface area (Å²) >= 11 is 0. The van der Waals surface area contributed by atoms with Crippen LogP contribution in [0, 0.1) is 6.92 Å². The monoisotopic (exact) mass is 267 g/mol. The van der Waals surface area contributed by atoms with E-state index in [-0.39, 0.29) is 5.91 Å². The Morgan fingerprint density at radius 3 is 2.95 bits per heavy atom. The van der Waals surface area contributed by atoms with E-state index in [9.17, 15) is 4.79 Å². The van der Waals surface area contributed by atoms with Gasteiger partial charge in [0, 0.05) is 13.1 Å². The van der Waals surface area contributed by atoms with Gasteiger partial charge >= 0.3 is 0 Å². The highest BCUT2D eigenvalue weighted by Gasteiger charge is 2.13. The first kappa shape index (κ1) is 12.3. The number of hydrogen-bond acceptors (Lipinski definition) is 4. The lowest BCUT2D eigenvalue weighted by atomic mass is 10.2. The molecule has 0 saturated heterocycles. The lowest BCUT2D eigenvalue weighted by Crippen LogP contribution is -2.07. The molecule has 5 nitrogen and oxygen atoms in total. The number of amides is 1. The molecule has 0 spiro atoms. The fraction of sp³-hybridized carbons (Fsp3) is 0.133. The molecule has 0 aliphatic carbocycles. The maximum absolute atomic E-state index is 11.2. The zero-order chi connectivity index (χ0) is 14.1. The number of carbonyl (C=O) groups is 1. The Balaban J connectivity index is 2.13. The number of hydrogen-bond donors (Lipinski definition) is 1. The van der Waals surface area contributed by atoms with Gasteiger partial charge in [0.2, 0.25) is 11.8 Å². The Hall–Kier alpha value is -2.69. The van der Waals surface area contributed by atoms with Crippen molar-refractivity contribution in [1.29, 1.82) is 0 Å². The molecule has 0 unspecified atom stereocenters. The number of anilines is 1. The van der Waals surface area contributed by atoms with E-state index in [0.717, 1.165) is 16.7 Å². The lowest BCUT2D eigenvalue weighted by molar-refractivity contribution is -0.114. The van der Waals surface area contributed by atoms with Crippen molar-refractivity contribution in [2.75, 3.05) is 5.32 Å². The zero-order valence-electron chi connectivity index (χ0n) is 11.2. The molecule has 0 bridgehead atoms. The molecule has 1 N–H and O–H groups in total. The fourth-order valence-electron chi connectivity index (χ4n) is 2.02. The van der Waals surface area contributed by atoms with Gasteiger partial charge in [-0.2, -0.15) is 0 Å². The van der Waals surface area contributed by atoms with Crippen LogP contribution in [0.2, 0.25) is 0 Å². The third-order valence-electron chi connectivity index (χ3n) is 2.91. The summed E-state index contributed by atoms with van der Waals surface area (Å²) in [5, 5.41) is 2.73. The number of pyridine rings is 1. The van der Waals surface area contributed by atoms with E-state index in [0.29, 0.717) is 17.1 Å². The molecule has 3 aromatic rings. The summed E-state index contributed by atoms with van der Waals surface area (Å²) in [6, 6.07) is 7.59. The minimum absolute atomic E-state index is 0.161. The first-order valence-electron chi connectivity index (χ1n) is 6.22. The molecule has 0 aliphatic heterocycles. The smallest absolute Gasteiger partial charge is 0.229 e. The number of carbonyl (C=O) groups excluding carboxylic acids is 1. The molecular weight excluding hydrogens is 254 g/mol. The van der Waals surface area contributed by atoms with Crippen molar-refractivity contribution >= 4 is 22.7 Å². The minimum atomic E-state index is -0.161. The number of nitrogens with one attached hydrogen (secondary N) is 1. The summed E-state index contributed by atoms with van der Waals surface area (Å²) in [6.07, 6.45) is 3.22. The van der Waals surface area contributed by atoms with Gasteiger partial charge in [-0.15, -0.1) is 0 Å². The van der Waals surface area contributed by atoms with Crippen LogP contribution in [0.1, 0.15) is 12.5 Å². The van der Waals surface area contributed by atoms with Gasteiger partial charge in [0.15, 0.2) is 5.58 Å². The second-order valence-corrected chi connectivity index (χ2v) is 4.59. The maximum atomic E-state index is 11.2. The van der Waals surface area contributed by atoms with E-state index >= 15 is 0 Å². The molecule has 2 heterocycles. The summed E-state index contributed by atoms with van der Waals surface area (Å²) in [5.74, 6) is 0.308. The van der Waals surface area contributed by atoms with Crippen LogP contribution in [0.4, 0.5) is 5.69 Å². The van der Waals surface area contributed by atoms with E-state index < -0.39 is 0 Å². The Labute approximate surface area is 115 Å². The van der Waals surface area contributed by atoms with E-state index in [1.807, 2.05) is 25.1 Å². The van der Waals surface area contributed by atoms with Crippen molar-refractivity contribution in [3.63, 3.8) is 0 Å². The minimum Gasteiger partial charge on any atom is -0.436 e. The number of fused-ring (bicyclic) bond motifs is 1. The molecule has 2 aromatic heterocycles. The highest BCUT2D eigenvalue weighted by atomic mass is 16.3. The van der Waals surface area contributed by atoms with Gasteiger partial charge in [0.05, 0.1) is 17.4 Å². The molecule has 0 radical (unpaired) electrons. The lowest BCUT2D eigenvalue weighted by Gasteiger charge is -2.05. The molecule has 20 heavy (non-hydrogen) atoms. The number of aromatic nitrogens is 2. The van der Waals surface area contributed by atoms with Crippen LogP contribution in [0.15, 0.2) is 41.1 Å². The maximum Gasteiger partial charge on any atom is 0.229 e. The Kier molecular flexibility index (Phi) is 2.95. The van der Waals surface area contributed by atoms with Gasteiger partial charge in [-0.05, 0) is 30.7 Å². The van der Waals surface area contributed by atoms with Crippen LogP contribution in [-0.4, -0.2) is 15.9 Å². The Morgan fingerprint density at radius 2 is 2.15 bits per heavy atom. The predicted molar refractivity (Wildman–Crippen MR) is 76.3 cm³/mol. The standard InChI is InChI=1S/C15H13N3O2/c1-9-3-4-14-12(7-9)18-15(20-14)11-5-6-16-8-13(11)17-10(2)19/h3-8H,1-2H3,(H,17,19). The summed E-state index contributed by atoms with van der Waals surface area (Å²) < 4.78 is 5.74. The second-order valence-electron chi connectivity index (χ2n) is 4.59. The van der Waals surface area contributed by atoms with Crippen LogP contribution in [-0.2, 0) is 4.79 Å². The highest BCUT2D eigenvalue weighted by Crippen LogP contribution is 2.29. The quantitative estimate of drug-likeness (QED) is 0.774. The van der Waals surface area contributed by atoms with Gasteiger partial charge in [0.1, 0.15) is 5.52 Å². The van der Waals surface area contributed by atoms with Crippen molar-refractivity contribution < 1.29 is 9.21 Å². The van der Waals surface area contributed by atoms with Crippen LogP contribution in [0.25, 0.3) is 22.6 Å². The molecule has 5 heteroatoms. The third-order valence-corrected chi connectivity index (χ3v) is 2.91. The topological polar surface area (TPSA) is 68.0 Å². The first-order chi connectivity index (χ1) is 9.63. The van der Waals surface area contributed by atoms with Crippen LogP contribution < -0.4 is 5.32 Å². The third kappa shape index (κ3) is 2.25. The molecule has 1 amide bonds. The summed E-state index contributed by atoms with van der Waals surface area (Å²) in [7, 11) is 0. The molecule has 3 rings (SSSR count). The van der Waals surface area contributed by atoms with Crippen molar-refractivity contribution in [2.24, 2.45) is 0 Å². The molecule has 0 fully saturated rings. The summed E-state index contributed by atoms with van der Waals surface area (Å²) in [4.78, 5) is 19.7. The SMILES string of the molecule is CC(=O)Nc1cnccc1-c1nc2cc(C)ccc2o1. The number of nitrogens with zero attached hydrogens (tertiary/aromatic N) is 2. The van der Waals surface area contributed by atoms with E-state index in [1.54, 1.807) is 18.5 Å². The Bertz CT molecular complexity index is 793. The first-order valence-corrected chi connectivity index (χ1v) is 6.22. The number of rotatable bonds is 2. The van der Waals surface area contributed by atoms with Crippen molar-refractivity contribution in [3.05, 3.63) is 42.2 Å². The van der Waals surface area contributed by atoms with Crippen LogP contribution in [0.3, 0.4) is 0 Å². The second kappa shape index (κ2) is 4.77. The Morgan fingerprint density at radius 1 is 1.30 bits per heavy atom. The van der Waals surface area contributed by atoms with Crippen LogP contribution in [0.5, 0.6) is 0 Å². The van der Waals surface area contributed by atoms with Crippen LogP contribution >= 0.6 is 0 Å². The van der Waals surface area contributed by atoms with Gasteiger partial charge in [0.25, 0.3) is 0 Å². The molecule has 1 aromatic carbocycles. The van der Waals surface area contributed by atoms with Crippen molar-refractivity contribution in [3.8, 4) is 11.5 Å². The average molecular weight is 267 g/mol. The van der Waals surface area contributed by atoms with E-state index in [2.05, 4.69) is 15.3 Å². The molecule has 100 valence electrons. The van der Waals surface area contributed by atoms with E-state index in [1.165, 1.54) is 6.92 Å². The van der Waals surface area contributed by atoms with Gasteiger partial charge in [-0.3, -0.25) is 9.78 Å².